The van der Waals surface area contributed by atoms with Crippen LogP contribution in [0.15, 0.2) is 29.6 Å². The Kier molecular flexibility index (Phi) is 5.10. The van der Waals surface area contributed by atoms with Gasteiger partial charge < -0.3 is 5.32 Å². The number of hydrogen-bond donors (Lipinski definition) is 1. The van der Waals surface area contributed by atoms with Gasteiger partial charge in [0.05, 0.1) is 12.2 Å². The van der Waals surface area contributed by atoms with Crippen molar-refractivity contribution < 1.29 is 0 Å². The topological polar surface area (TPSA) is 68.5 Å². The van der Waals surface area contributed by atoms with Gasteiger partial charge in [0.1, 0.15) is 0 Å². The zero-order chi connectivity index (χ0) is 12.6. The van der Waals surface area contributed by atoms with Crippen LogP contribution in [0.4, 0.5) is 0 Å². The SMILES string of the molecule is CCNCCn1nnnc1SCc1ccccn1. The quantitative estimate of drug-likeness (QED) is 0.593. The van der Waals surface area contributed by atoms with E-state index in [4.69, 9.17) is 0 Å². The third-order valence-corrected chi connectivity index (χ3v) is 3.32. The van der Waals surface area contributed by atoms with Gasteiger partial charge in [-0.25, -0.2) is 4.68 Å². The van der Waals surface area contributed by atoms with Crippen LogP contribution in [0.3, 0.4) is 0 Å². The number of pyridine rings is 1. The molecule has 7 heteroatoms. The molecule has 0 spiro atoms. The number of tetrazole rings is 1. The highest BCUT2D eigenvalue weighted by atomic mass is 32.2. The Bertz CT molecular complexity index is 458. The maximum Gasteiger partial charge on any atom is 0.209 e. The minimum Gasteiger partial charge on any atom is -0.315 e. The highest BCUT2D eigenvalue weighted by Gasteiger charge is 2.06. The van der Waals surface area contributed by atoms with Gasteiger partial charge >= 0.3 is 0 Å². The lowest BCUT2D eigenvalue weighted by atomic mass is 10.4. The zero-order valence-corrected chi connectivity index (χ0v) is 11.1. The Labute approximate surface area is 110 Å². The van der Waals surface area contributed by atoms with Crippen LogP contribution >= 0.6 is 11.8 Å². The van der Waals surface area contributed by atoms with Crippen molar-refractivity contribution in [2.45, 2.75) is 24.4 Å². The molecule has 2 aromatic heterocycles. The molecule has 0 aromatic carbocycles. The molecule has 2 rings (SSSR count). The summed E-state index contributed by atoms with van der Waals surface area (Å²) in [6.07, 6.45) is 1.80. The average Bonchev–Trinajstić information content (AvgIpc) is 2.86. The summed E-state index contributed by atoms with van der Waals surface area (Å²) in [4.78, 5) is 4.27. The molecule has 0 fully saturated rings. The molecule has 0 aliphatic heterocycles. The summed E-state index contributed by atoms with van der Waals surface area (Å²) in [6.45, 7) is 4.69. The molecule has 0 bridgehead atoms. The number of hydrogen-bond acceptors (Lipinski definition) is 6. The summed E-state index contributed by atoms with van der Waals surface area (Å²) in [5.41, 5.74) is 1.03. The van der Waals surface area contributed by atoms with Crippen molar-refractivity contribution in [3.63, 3.8) is 0 Å². The van der Waals surface area contributed by atoms with Crippen LogP contribution in [0, 0.1) is 0 Å². The number of aromatic nitrogens is 5. The Morgan fingerprint density at radius 3 is 3.11 bits per heavy atom. The van der Waals surface area contributed by atoms with Crippen molar-refractivity contribution >= 4 is 11.8 Å². The van der Waals surface area contributed by atoms with Crippen LogP contribution in [0.2, 0.25) is 0 Å². The molecule has 0 saturated heterocycles. The minimum absolute atomic E-state index is 0.780. The molecular weight excluding hydrogens is 248 g/mol. The maximum absolute atomic E-state index is 4.27. The molecule has 0 atom stereocenters. The smallest absolute Gasteiger partial charge is 0.209 e. The van der Waals surface area contributed by atoms with E-state index in [0.717, 1.165) is 36.2 Å². The zero-order valence-electron chi connectivity index (χ0n) is 10.3. The van der Waals surface area contributed by atoms with Crippen molar-refractivity contribution in [3.05, 3.63) is 30.1 Å². The fourth-order valence-electron chi connectivity index (χ4n) is 1.42. The van der Waals surface area contributed by atoms with Crippen molar-refractivity contribution in [1.29, 1.82) is 0 Å². The van der Waals surface area contributed by atoms with E-state index in [2.05, 4.69) is 32.7 Å². The molecule has 0 aliphatic rings. The van der Waals surface area contributed by atoms with Crippen molar-refractivity contribution in [3.8, 4) is 0 Å². The average molecular weight is 264 g/mol. The predicted molar refractivity (Wildman–Crippen MR) is 70.2 cm³/mol. The van der Waals surface area contributed by atoms with E-state index in [9.17, 15) is 0 Å². The Morgan fingerprint density at radius 2 is 2.33 bits per heavy atom. The van der Waals surface area contributed by atoms with Gasteiger partial charge in [-0.15, -0.1) is 5.10 Å². The normalized spacial score (nSPS) is 10.7. The fourth-order valence-corrected chi connectivity index (χ4v) is 2.24. The molecule has 0 radical (unpaired) electrons. The fraction of sp³-hybridized carbons (Fsp3) is 0.455. The predicted octanol–water partition coefficient (Wildman–Crippen LogP) is 0.970. The second-order valence-electron chi connectivity index (χ2n) is 3.65. The van der Waals surface area contributed by atoms with E-state index in [1.807, 2.05) is 22.9 Å². The van der Waals surface area contributed by atoms with Crippen LogP contribution in [-0.4, -0.2) is 38.3 Å². The maximum atomic E-state index is 4.27. The first kappa shape index (κ1) is 13.0. The Morgan fingerprint density at radius 1 is 1.39 bits per heavy atom. The molecule has 18 heavy (non-hydrogen) atoms. The molecule has 96 valence electrons. The van der Waals surface area contributed by atoms with Crippen LogP contribution < -0.4 is 5.32 Å². The molecule has 0 unspecified atom stereocenters. The standard InChI is InChI=1S/C11H16N6S/c1-2-12-7-8-17-11(14-15-16-17)18-9-10-5-3-4-6-13-10/h3-6,12H,2,7-9H2,1H3. The molecule has 2 aromatic rings. The third-order valence-electron chi connectivity index (χ3n) is 2.32. The van der Waals surface area contributed by atoms with Crippen LogP contribution in [0.1, 0.15) is 12.6 Å². The molecule has 2 heterocycles. The van der Waals surface area contributed by atoms with Crippen molar-refractivity contribution in [2.24, 2.45) is 0 Å². The first-order valence-electron chi connectivity index (χ1n) is 5.89. The van der Waals surface area contributed by atoms with Gasteiger partial charge in [-0.05, 0) is 29.1 Å². The second-order valence-corrected chi connectivity index (χ2v) is 4.59. The largest absolute Gasteiger partial charge is 0.315 e. The van der Waals surface area contributed by atoms with Crippen LogP contribution in [-0.2, 0) is 12.3 Å². The summed E-state index contributed by atoms with van der Waals surface area (Å²) in [5, 5.41) is 15.8. The highest BCUT2D eigenvalue weighted by Crippen LogP contribution is 2.18. The first-order chi connectivity index (χ1) is 8.90. The van der Waals surface area contributed by atoms with Gasteiger partial charge in [0.15, 0.2) is 0 Å². The summed E-state index contributed by atoms with van der Waals surface area (Å²) >= 11 is 1.60. The summed E-state index contributed by atoms with van der Waals surface area (Å²) in [5.74, 6) is 0.780. The Hall–Kier alpha value is -1.47. The summed E-state index contributed by atoms with van der Waals surface area (Å²) in [7, 11) is 0. The molecule has 6 nitrogen and oxygen atoms in total. The molecular formula is C11H16N6S. The van der Waals surface area contributed by atoms with E-state index in [0.29, 0.717) is 0 Å². The van der Waals surface area contributed by atoms with E-state index in [1.54, 1.807) is 18.0 Å². The number of likely N-dealkylation sites (N-methyl/N-ethyl adjacent to an activating group) is 1. The number of thioether (sulfide) groups is 1. The molecule has 0 amide bonds. The van der Waals surface area contributed by atoms with Gasteiger partial charge in [-0.2, -0.15) is 0 Å². The summed E-state index contributed by atoms with van der Waals surface area (Å²) < 4.78 is 1.82. The van der Waals surface area contributed by atoms with Gasteiger partial charge in [-0.3, -0.25) is 4.98 Å². The monoisotopic (exact) mass is 264 g/mol. The van der Waals surface area contributed by atoms with E-state index < -0.39 is 0 Å². The minimum atomic E-state index is 0.780. The van der Waals surface area contributed by atoms with E-state index in [1.165, 1.54) is 0 Å². The lowest BCUT2D eigenvalue weighted by Crippen LogP contribution is -2.20. The van der Waals surface area contributed by atoms with E-state index in [-0.39, 0.29) is 0 Å². The van der Waals surface area contributed by atoms with Gasteiger partial charge in [0.2, 0.25) is 5.16 Å². The number of nitrogens with one attached hydrogen (secondary N) is 1. The van der Waals surface area contributed by atoms with Crippen LogP contribution in [0.5, 0.6) is 0 Å². The van der Waals surface area contributed by atoms with Crippen molar-refractivity contribution in [2.75, 3.05) is 13.1 Å². The number of rotatable bonds is 7. The Balaban J connectivity index is 1.87. The lowest BCUT2D eigenvalue weighted by Gasteiger charge is -2.04. The second kappa shape index (κ2) is 7.07. The van der Waals surface area contributed by atoms with Crippen molar-refractivity contribution in [1.82, 2.24) is 30.5 Å². The highest BCUT2D eigenvalue weighted by molar-refractivity contribution is 7.98. The van der Waals surface area contributed by atoms with Gasteiger partial charge in [0, 0.05) is 18.5 Å². The molecule has 0 saturated carbocycles. The van der Waals surface area contributed by atoms with Gasteiger partial charge in [-0.1, -0.05) is 24.8 Å². The van der Waals surface area contributed by atoms with Crippen LogP contribution in [0.25, 0.3) is 0 Å². The number of nitrogens with zero attached hydrogens (tertiary/aromatic N) is 5. The first-order valence-corrected chi connectivity index (χ1v) is 6.88. The lowest BCUT2D eigenvalue weighted by molar-refractivity contribution is 0.517. The molecule has 0 aliphatic carbocycles. The van der Waals surface area contributed by atoms with Gasteiger partial charge in [0.25, 0.3) is 0 Å². The van der Waals surface area contributed by atoms with E-state index >= 15 is 0 Å². The summed E-state index contributed by atoms with van der Waals surface area (Å²) in [6, 6.07) is 5.89. The molecule has 1 N–H and O–H groups in total. The third kappa shape index (κ3) is 3.78.